The van der Waals surface area contributed by atoms with E-state index in [0.29, 0.717) is 19.5 Å². The maximum absolute atomic E-state index is 11.9. The standard InChI is InChI=1S/C14H19N3O2S/c1-10(18)7-8-17(2)14(19)15-9-13-16-11-5-3-4-6-12(11)20-13/h3-6,10,18H,7-9H2,1-2H3,(H,15,19). The topological polar surface area (TPSA) is 65.5 Å². The van der Waals surface area contributed by atoms with Gasteiger partial charge >= 0.3 is 6.03 Å². The molecule has 2 aromatic rings. The number of nitrogens with one attached hydrogen (secondary N) is 1. The van der Waals surface area contributed by atoms with Gasteiger partial charge in [0.05, 0.1) is 22.9 Å². The minimum absolute atomic E-state index is 0.148. The predicted molar refractivity (Wildman–Crippen MR) is 80.8 cm³/mol. The number of carbonyl (C=O) groups excluding carboxylic acids is 1. The minimum Gasteiger partial charge on any atom is -0.393 e. The monoisotopic (exact) mass is 293 g/mol. The van der Waals surface area contributed by atoms with Crippen LogP contribution in [0.4, 0.5) is 4.79 Å². The lowest BCUT2D eigenvalue weighted by atomic mass is 10.3. The lowest BCUT2D eigenvalue weighted by Gasteiger charge is -2.18. The van der Waals surface area contributed by atoms with Crippen molar-refractivity contribution < 1.29 is 9.90 Å². The molecule has 0 spiro atoms. The first-order chi connectivity index (χ1) is 9.56. The number of hydrogen-bond donors (Lipinski definition) is 2. The number of aliphatic hydroxyl groups is 1. The van der Waals surface area contributed by atoms with Crippen molar-refractivity contribution in [3.8, 4) is 0 Å². The van der Waals surface area contributed by atoms with E-state index < -0.39 is 6.10 Å². The van der Waals surface area contributed by atoms with E-state index in [0.717, 1.165) is 15.2 Å². The number of carbonyl (C=O) groups is 1. The van der Waals surface area contributed by atoms with Crippen LogP contribution in [0.25, 0.3) is 10.2 Å². The third kappa shape index (κ3) is 3.91. The van der Waals surface area contributed by atoms with E-state index in [1.54, 1.807) is 30.2 Å². The molecule has 20 heavy (non-hydrogen) atoms. The maximum Gasteiger partial charge on any atom is 0.317 e. The summed E-state index contributed by atoms with van der Waals surface area (Å²) in [6.45, 7) is 2.67. The van der Waals surface area contributed by atoms with Crippen LogP contribution in [0.1, 0.15) is 18.4 Å². The second-order valence-electron chi connectivity index (χ2n) is 4.79. The predicted octanol–water partition coefficient (Wildman–Crippen LogP) is 2.21. The van der Waals surface area contributed by atoms with Gasteiger partial charge in [-0.1, -0.05) is 12.1 Å². The van der Waals surface area contributed by atoms with Crippen molar-refractivity contribution in [2.24, 2.45) is 0 Å². The Hall–Kier alpha value is -1.66. The van der Waals surface area contributed by atoms with E-state index in [-0.39, 0.29) is 6.03 Å². The third-order valence-electron chi connectivity index (χ3n) is 2.96. The molecule has 0 saturated carbocycles. The Balaban J connectivity index is 1.86. The summed E-state index contributed by atoms with van der Waals surface area (Å²) in [5, 5.41) is 12.9. The second-order valence-corrected chi connectivity index (χ2v) is 5.91. The van der Waals surface area contributed by atoms with Gasteiger partial charge in [-0.05, 0) is 25.5 Å². The summed E-state index contributed by atoms with van der Waals surface area (Å²) in [5.74, 6) is 0. The molecule has 0 aliphatic heterocycles. The molecule has 2 N–H and O–H groups in total. The minimum atomic E-state index is -0.394. The van der Waals surface area contributed by atoms with Gasteiger partial charge in [-0.15, -0.1) is 11.3 Å². The average molecular weight is 293 g/mol. The smallest absolute Gasteiger partial charge is 0.317 e. The molecule has 0 saturated heterocycles. The first-order valence-corrected chi connectivity index (χ1v) is 7.39. The quantitative estimate of drug-likeness (QED) is 0.888. The van der Waals surface area contributed by atoms with Crippen LogP contribution in [0.5, 0.6) is 0 Å². The molecule has 0 aliphatic carbocycles. The highest BCUT2D eigenvalue weighted by Gasteiger charge is 2.10. The summed E-state index contributed by atoms with van der Waals surface area (Å²) < 4.78 is 1.12. The van der Waals surface area contributed by atoms with Crippen molar-refractivity contribution in [2.75, 3.05) is 13.6 Å². The zero-order valence-electron chi connectivity index (χ0n) is 11.7. The molecule has 0 aliphatic rings. The fraction of sp³-hybridized carbons (Fsp3) is 0.429. The molecule has 1 aromatic carbocycles. The summed E-state index contributed by atoms with van der Waals surface area (Å²) in [5.41, 5.74) is 0.962. The first kappa shape index (κ1) is 14.7. The SMILES string of the molecule is CC(O)CCN(C)C(=O)NCc1nc2ccccc2s1. The summed E-state index contributed by atoms with van der Waals surface area (Å²) in [7, 11) is 1.72. The van der Waals surface area contributed by atoms with Gasteiger partial charge in [0.25, 0.3) is 0 Å². The lowest BCUT2D eigenvalue weighted by Crippen LogP contribution is -2.38. The molecule has 1 aromatic heterocycles. The van der Waals surface area contributed by atoms with Crippen LogP contribution >= 0.6 is 11.3 Å². The molecule has 1 heterocycles. The number of fused-ring (bicyclic) bond motifs is 1. The Kier molecular flexibility index (Phi) is 4.92. The van der Waals surface area contributed by atoms with E-state index in [1.807, 2.05) is 24.3 Å². The van der Waals surface area contributed by atoms with Crippen LogP contribution in [0, 0.1) is 0 Å². The maximum atomic E-state index is 11.9. The number of nitrogens with zero attached hydrogens (tertiary/aromatic N) is 2. The van der Waals surface area contributed by atoms with Crippen LogP contribution in [0.2, 0.25) is 0 Å². The molecular formula is C14H19N3O2S. The largest absolute Gasteiger partial charge is 0.393 e. The van der Waals surface area contributed by atoms with E-state index in [1.165, 1.54) is 0 Å². The first-order valence-electron chi connectivity index (χ1n) is 6.57. The highest BCUT2D eigenvalue weighted by atomic mass is 32.1. The number of benzene rings is 1. The molecular weight excluding hydrogens is 274 g/mol. The number of hydrogen-bond acceptors (Lipinski definition) is 4. The van der Waals surface area contributed by atoms with Gasteiger partial charge in [-0.3, -0.25) is 0 Å². The van der Waals surface area contributed by atoms with Gasteiger partial charge in [0, 0.05) is 13.6 Å². The number of urea groups is 1. The number of aliphatic hydroxyl groups excluding tert-OH is 1. The summed E-state index contributed by atoms with van der Waals surface area (Å²) in [4.78, 5) is 17.9. The molecule has 0 radical (unpaired) electrons. The van der Waals surface area contributed by atoms with Gasteiger partial charge in [0.1, 0.15) is 5.01 Å². The van der Waals surface area contributed by atoms with Crippen molar-refractivity contribution in [2.45, 2.75) is 26.0 Å². The van der Waals surface area contributed by atoms with E-state index >= 15 is 0 Å². The van der Waals surface area contributed by atoms with Crippen LogP contribution in [-0.4, -0.2) is 40.7 Å². The number of aromatic nitrogens is 1. The molecule has 1 unspecified atom stereocenters. The fourth-order valence-corrected chi connectivity index (χ4v) is 2.67. The molecule has 0 fully saturated rings. The number of thiazole rings is 1. The zero-order valence-corrected chi connectivity index (χ0v) is 12.5. The highest BCUT2D eigenvalue weighted by molar-refractivity contribution is 7.18. The Bertz CT molecular complexity index is 550. The van der Waals surface area contributed by atoms with Crippen LogP contribution in [-0.2, 0) is 6.54 Å². The molecule has 1 atom stereocenters. The molecule has 5 nitrogen and oxygen atoms in total. The van der Waals surface area contributed by atoms with Gasteiger partial charge < -0.3 is 15.3 Å². The molecule has 0 bridgehead atoms. The van der Waals surface area contributed by atoms with Gasteiger partial charge in [0.2, 0.25) is 0 Å². The van der Waals surface area contributed by atoms with E-state index in [2.05, 4.69) is 10.3 Å². The Labute approximate surface area is 122 Å². The Morgan fingerprint density at radius 1 is 1.50 bits per heavy atom. The molecule has 6 heteroatoms. The van der Waals surface area contributed by atoms with Crippen molar-refractivity contribution in [1.82, 2.24) is 15.2 Å². The van der Waals surface area contributed by atoms with Crippen molar-refractivity contribution >= 4 is 27.6 Å². The average Bonchev–Trinajstić information content (AvgIpc) is 2.84. The lowest BCUT2D eigenvalue weighted by molar-refractivity contribution is 0.163. The van der Waals surface area contributed by atoms with E-state index in [9.17, 15) is 9.90 Å². The fourth-order valence-electron chi connectivity index (χ4n) is 1.76. The number of rotatable bonds is 5. The Morgan fingerprint density at radius 2 is 2.25 bits per heavy atom. The van der Waals surface area contributed by atoms with Crippen molar-refractivity contribution in [3.63, 3.8) is 0 Å². The van der Waals surface area contributed by atoms with Gasteiger partial charge in [-0.2, -0.15) is 0 Å². The number of amides is 2. The highest BCUT2D eigenvalue weighted by Crippen LogP contribution is 2.21. The zero-order chi connectivity index (χ0) is 14.5. The third-order valence-corrected chi connectivity index (χ3v) is 3.99. The Morgan fingerprint density at radius 3 is 2.95 bits per heavy atom. The van der Waals surface area contributed by atoms with Crippen LogP contribution in [0.3, 0.4) is 0 Å². The summed E-state index contributed by atoms with van der Waals surface area (Å²) in [6, 6.07) is 7.77. The molecule has 2 amide bonds. The summed E-state index contributed by atoms with van der Waals surface area (Å²) >= 11 is 1.58. The second kappa shape index (κ2) is 6.67. The van der Waals surface area contributed by atoms with Crippen molar-refractivity contribution in [3.05, 3.63) is 29.3 Å². The van der Waals surface area contributed by atoms with Gasteiger partial charge in [-0.25, -0.2) is 9.78 Å². The van der Waals surface area contributed by atoms with Crippen LogP contribution in [0.15, 0.2) is 24.3 Å². The normalized spacial score (nSPS) is 12.3. The van der Waals surface area contributed by atoms with Crippen molar-refractivity contribution in [1.29, 1.82) is 0 Å². The van der Waals surface area contributed by atoms with Gasteiger partial charge in [0.15, 0.2) is 0 Å². The molecule has 108 valence electrons. The summed E-state index contributed by atoms with van der Waals surface area (Å²) in [6.07, 6.45) is 0.180. The number of para-hydroxylation sites is 1. The molecule has 2 rings (SSSR count). The van der Waals surface area contributed by atoms with Crippen LogP contribution < -0.4 is 5.32 Å². The van der Waals surface area contributed by atoms with E-state index in [4.69, 9.17) is 0 Å².